The molecule has 1 fully saturated rings. The van der Waals surface area contributed by atoms with Crippen molar-refractivity contribution in [3.8, 4) is 0 Å². The molecule has 1 aliphatic rings. The quantitative estimate of drug-likeness (QED) is 0.747. The molecule has 7 heteroatoms. The summed E-state index contributed by atoms with van der Waals surface area (Å²) in [6.45, 7) is 6.80. The summed E-state index contributed by atoms with van der Waals surface area (Å²) in [5.41, 5.74) is 2.84. The number of rotatable bonds is 4. The van der Waals surface area contributed by atoms with Crippen LogP contribution < -0.4 is 5.32 Å². The molecule has 1 saturated heterocycles. The molecule has 1 aliphatic heterocycles. The summed E-state index contributed by atoms with van der Waals surface area (Å²) in [7, 11) is -3.11. The van der Waals surface area contributed by atoms with Crippen LogP contribution in [0.2, 0.25) is 5.02 Å². The zero-order valence-corrected chi connectivity index (χ0v) is 18.6. The van der Waals surface area contributed by atoms with Crippen LogP contribution in [-0.4, -0.2) is 36.9 Å². The number of benzene rings is 2. The standard InChI is InChI=1S/C22H27ClN2O3S/c1-22(2,3)17-6-4-16(5-7-17)14-25(20-12-13-29(27,28)15-20)21(26)24-19-10-8-18(23)9-11-19/h4-11,20H,12-15H2,1-3H3,(H,24,26). The molecule has 3 rings (SSSR count). The lowest BCUT2D eigenvalue weighted by Crippen LogP contribution is -2.43. The van der Waals surface area contributed by atoms with Crippen molar-refractivity contribution in [1.82, 2.24) is 4.90 Å². The van der Waals surface area contributed by atoms with E-state index in [0.717, 1.165) is 5.56 Å². The zero-order chi connectivity index (χ0) is 21.2. The molecule has 1 unspecified atom stereocenters. The summed E-state index contributed by atoms with van der Waals surface area (Å²) >= 11 is 5.91. The maximum atomic E-state index is 13.0. The highest BCUT2D eigenvalue weighted by Gasteiger charge is 2.34. The van der Waals surface area contributed by atoms with Crippen LogP contribution in [0.3, 0.4) is 0 Å². The first-order chi connectivity index (χ1) is 13.5. The van der Waals surface area contributed by atoms with E-state index >= 15 is 0 Å². The first-order valence-electron chi connectivity index (χ1n) is 9.66. The number of hydrogen-bond acceptors (Lipinski definition) is 3. The molecule has 5 nitrogen and oxygen atoms in total. The van der Waals surface area contributed by atoms with Crippen molar-refractivity contribution in [2.75, 3.05) is 16.8 Å². The van der Waals surface area contributed by atoms with Gasteiger partial charge in [0.05, 0.1) is 11.5 Å². The second-order valence-electron chi connectivity index (χ2n) is 8.57. The fourth-order valence-corrected chi connectivity index (χ4v) is 5.28. The van der Waals surface area contributed by atoms with Crippen LogP contribution in [0.15, 0.2) is 48.5 Å². The van der Waals surface area contributed by atoms with Gasteiger partial charge in [0.15, 0.2) is 9.84 Å². The van der Waals surface area contributed by atoms with Gasteiger partial charge in [-0.15, -0.1) is 0 Å². The lowest BCUT2D eigenvalue weighted by atomic mass is 9.87. The van der Waals surface area contributed by atoms with Gasteiger partial charge in [-0.05, 0) is 47.2 Å². The smallest absolute Gasteiger partial charge is 0.316 e. The summed E-state index contributed by atoms with van der Waals surface area (Å²) in [6, 6.07) is 14.3. The number of hydrogen-bond donors (Lipinski definition) is 1. The van der Waals surface area contributed by atoms with Crippen LogP contribution in [0, 0.1) is 0 Å². The molecule has 1 atom stereocenters. The van der Waals surface area contributed by atoms with Crippen LogP contribution >= 0.6 is 11.6 Å². The third-order valence-corrected chi connectivity index (χ3v) is 7.18. The van der Waals surface area contributed by atoms with Gasteiger partial charge in [0.2, 0.25) is 0 Å². The Morgan fingerprint density at radius 3 is 2.24 bits per heavy atom. The minimum Gasteiger partial charge on any atom is -0.316 e. The molecular weight excluding hydrogens is 408 g/mol. The maximum Gasteiger partial charge on any atom is 0.322 e. The van der Waals surface area contributed by atoms with Gasteiger partial charge in [0.25, 0.3) is 0 Å². The fourth-order valence-electron chi connectivity index (χ4n) is 3.42. The molecule has 0 aliphatic carbocycles. The largest absolute Gasteiger partial charge is 0.322 e. The topological polar surface area (TPSA) is 66.5 Å². The second-order valence-corrected chi connectivity index (χ2v) is 11.2. The van der Waals surface area contributed by atoms with Gasteiger partial charge >= 0.3 is 6.03 Å². The molecule has 2 aromatic rings. The van der Waals surface area contributed by atoms with E-state index in [-0.39, 0.29) is 29.0 Å². The molecule has 0 radical (unpaired) electrons. The first-order valence-corrected chi connectivity index (χ1v) is 11.9. The average molecular weight is 435 g/mol. The van der Waals surface area contributed by atoms with Crippen molar-refractivity contribution in [2.45, 2.75) is 45.2 Å². The number of nitrogens with zero attached hydrogens (tertiary/aromatic N) is 1. The molecule has 1 heterocycles. The van der Waals surface area contributed by atoms with Crippen LogP contribution in [0.5, 0.6) is 0 Å². The second kappa shape index (κ2) is 8.36. The van der Waals surface area contributed by atoms with Crippen molar-refractivity contribution >= 4 is 33.2 Å². The Hall–Kier alpha value is -2.05. The molecule has 1 N–H and O–H groups in total. The Balaban J connectivity index is 1.81. The van der Waals surface area contributed by atoms with Crippen molar-refractivity contribution in [1.29, 1.82) is 0 Å². The van der Waals surface area contributed by atoms with Gasteiger partial charge in [0, 0.05) is 23.3 Å². The highest BCUT2D eigenvalue weighted by atomic mass is 35.5. The third-order valence-electron chi connectivity index (χ3n) is 5.18. The van der Waals surface area contributed by atoms with Gasteiger partial charge in [-0.25, -0.2) is 13.2 Å². The number of urea groups is 1. The molecule has 156 valence electrons. The number of nitrogens with one attached hydrogen (secondary N) is 1. The molecule has 2 aromatic carbocycles. The highest BCUT2D eigenvalue weighted by Crippen LogP contribution is 2.25. The van der Waals surface area contributed by atoms with Crippen LogP contribution in [0.4, 0.5) is 10.5 Å². The number of amides is 2. The maximum absolute atomic E-state index is 13.0. The molecule has 0 bridgehead atoms. The highest BCUT2D eigenvalue weighted by molar-refractivity contribution is 7.91. The minimum atomic E-state index is -3.11. The summed E-state index contributed by atoms with van der Waals surface area (Å²) in [5.74, 6) is 0.118. The number of carbonyl (C=O) groups excluding carboxylic acids is 1. The normalized spacial score (nSPS) is 18.4. The van der Waals surface area contributed by atoms with E-state index in [1.807, 2.05) is 12.1 Å². The summed E-state index contributed by atoms with van der Waals surface area (Å²) in [5, 5.41) is 3.45. The minimum absolute atomic E-state index is 0.00110. The van der Waals surface area contributed by atoms with Crippen molar-refractivity contribution in [3.63, 3.8) is 0 Å². The van der Waals surface area contributed by atoms with Crippen LogP contribution in [-0.2, 0) is 21.8 Å². The van der Waals surface area contributed by atoms with E-state index in [1.165, 1.54) is 5.56 Å². The average Bonchev–Trinajstić information content (AvgIpc) is 3.00. The van der Waals surface area contributed by atoms with Crippen molar-refractivity contribution < 1.29 is 13.2 Å². The van der Waals surface area contributed by atoms with Crippen molar-refractivity contribution in [2.24, 2.45) is 0 Å². The molecular formula is C22H27ClN2O3S. The fraction of sp³-hybridized carbons (Fsp3) is 0.409. The summed E-state index contributed by atoms with van der Waals surface area (Å²) in [6.07, 6.45) is 0.455. The third kappa shape index (κ3) is 5.73. The van der Waals surface area contributed by atoms with Gasteiger partial charge in [-0.1, -0.05) is 56.6 Å². The zero-order valence-electron chi connectivity index (χ0n) is 17.0. The Bertz CT molecular complexity index is 965. The predicted molar refractivity (Wildman–Crippen MR) is 118 cm³/mol. The Labute approximate surface area is 178 Å². The van der Waals surface area contributed by atoms with Gasteiger partial charge < -0.3 is 10.2 Å². The van der Waals surface area contributed by atoms with E-state index < -0.39 is 9.84 Å². The van der Waals surface area contributed by atoms with E-state index in [1.54, 1.807) is 29.2 Å². The summed E-state index contributed by atoms with van der Waals surface area (Å²) < 4.78 is 24.0. The number of carbonyl (C=O) groups is 1. The lowest BCUT2D eigenvalue weighted by Gasteiger charge is -2.29. The summed E-state index contributed by atoms with van der Waals surface area (Å²) in [4.78, 5) is 14.6. The SMILES string of the molecule is CC(C)(C)c1ccc(CN(C(=O)Nc2ccc(Cl)cc2)C2CCS(=O)(=O)C2)cc1. The van der Waals surface area contributed by atoms with Gasteiger partial charge in [0.1, 0.15) is 0 Å². The van der Waals surface area contributed by atoms with Crippen LogP contribution in [0.25, 0.3) is 0 Å². The van der Waals surface area contributed by atoms with E-state index in [0.29, 0.717) is 23.7 Å². The number of anilines is 1. The predicted octanol–water partition coefficient (Wildman–Crippen LogP) is 4.86. The molecule has 0 spiro atoms. The van der Waals surface area contributed by atoms with Gasteiger partial charge in [-0.2, -0.15) is 0 Å². The monoisotopic (exact) mass is 434 g/mol. The van der Waals surface area contributed by atoms with Crippen LogP contribution in [0.1, 0.15) is 38.3 Å². The molecule has 0 aromatic heterocycles. The Kier molecular flexibility index (Phi) is 6.24. The Morgan fingerprint density at radius 1 is 1.10 bits per heavy atom. The van der Waals surface area contributed by atoms with E-state index in [4.69, 9.17) is 11.6 Å². The lowest BCUT2D eigenvalue weighted by molar-refractivity contribution is 0.190. The van der Waals surface area contributed by atoms with Crippen molar-refractivity contribution in [3.05, 3.63) is 64.7 Å². The molecule has 29 heavy (non-hydrogen) atoms. The van der Waals surface area contributed by atoms with E-state index in [9.17, 15) is 13.2 Å². The number of halogens is 1. The first kappa shape index (κ1) is 21.7. The molecule has 2 amide bonds. The molecule has 0 saturated carbocycles. The number of sulfone groups is 1. The van der Waals surface area contributed by atoms with E-state index in [2.05, 4.69) is 38.2 Å². The van der Waals surface area contributed by atoms with Gasteiger partial charge in [-0.3, -0.25) is 0 Å². The Morgan fingerprint density at radius 2 is 1.72 bits per heavy atom.